The van der Waals surface area contributed by atoms with Crippen LogP contribution in [0, 0.1) is 11.8 Å². The predicted molar refractivity (Wildman–Crippen MR) is 92.4 cm³/mol. The first-order valence-electron chi connectivity index (χ1n) is 8.06. The molecule has 0 atom stereocenters. The lowest BCUT2D eigenvalue weighted by molar-refractivity contribution is 0.0543. The zero-order valence-corrected chi connectivity index (χ0v) is 14.3. The first-order valence-corrected chi connectivity index (χ1v) is 8.06. The number of hydrogen-bond acceptors (Lipinski definition) is 3. The lowest BCUT2D eigenvalue weighted by Crippen LogP contribution is -2.26. The Morgan fingerprint density at radius 2 is 2.13 bits per heavy atom. The highest BCUT2D eigenvalue weighted by atomic mass is 16.6. The Morgan fingerprint density at radius 1 is 1.35 bits per heavy atom. The van der Waals surface area contributed by atoms with Crippen molar-refractivity contribution in [2.75, 3.05) is 0 Å². The van der Waals surface area contributed by atoms with E-state index in [4.69, 9.17) is 4.74 Å². The normalized spacial score (nSPS) is 11.1. The van der Waals surface area contributed by atoms with E-state index < -0.39 is 11.7 Å². The fourth-order valence-electron chi connectivity index (χ4n) is 2.23. The summed E-state index contributed by atoms with van der Waals surface area (Å²) in [6.07, 6.45) is 6.86. The lowest BCUT2D eigenvalue weighted by Gasteiger charge is -2.19. The molecular weight excluding hydrogens is 288 g/mol. The minimum absolute atomic E-state index is 0.411. The van der Waals surface area contributed by atoms with Gasteiger partial charge < -0.3 is 4.74 Å². The topological polar surface area (TPSA) is 44.1 Å². The summed E-state index contributed by atoms with van der Waals surface area (Å²) in [5, 5.41) is 0.947. The van der Waals surface area contributed by atoms with Gasteiger partial charge in [-0.15, -0.1) is 5.92 Å². The van der Waals surface area contributed by atoms with Crippen LogP contribution in [0.1, 0.15) is 52.5 Å². The third-order valence-electron chi connectivity index (χ3n) is 3.30. The Hall–Kier alpha value is -2.28. The Labute approximate surface area is 137 Å². The molecule has 4 heteroatoms. The number of carbonyl (C=O) groups is 1. The highest BCUT2D eigenvalue weighted by molar-refractivity contribution is 5.89. The molecule has 0 amide bonds. The van der Waals surface area contributed by atoms with Crippen LogP contribution in [0.25, 0.3) is 11.0 Å². The number of carbonyl (C=O) groups excluding carboxylic acids is 1. The molecule has 0 aliphatic carbocycles. The van der Waals surface area contributed by atoms with Crippen molar-refractivity contribution in [3.8, 4) is 11.8 Å². The largest absolute Gasteiger partial charge is 0.443 e. The molecule has 23 heavy (non-hydrogen) atoms. The molecule has 2 aromatic rings. The third kappa shape index (κ3) is 4.59. The van der Waals surface area contributed by atoms with Gasteiger partial charge in [0.15, 0.2) is 0 Å². The Kier molecular flexibility index (Phi) is 5.44. The van der Waals surface area contributed by atoms with Crippen LogP contribution in [0.15, 0.2) is 24.5 Å². The van der Waals surface area contributed by atoms with Gasteiger partial charge >= 0.3 is 6.09 Å². The molecule has 0 spiro atoms. The molecule has 0 aromatic carbocycles. The first kappa shape index (κ1) is 17.1. The van der Waals surface area contributed by atoms with Gasteiger partial charge in [-0.05, 0) is 44.9 Å². The van der Waals surface area contributed by atoms with E-state index in [1.165, 1.54) is 4.57 Å². The minimum atomic E-state index is -0.539. The quantitative estimate of drug-likeness (QED) is 0.616. The van der Waals surface area contributed by atoms with E-state index in [1.54, 1.807) is 12.4 Å². The van der Waals surface area contributed by atoms with E-state index in [1.807, 2.05) is 32.9 Å². The first-order chi connectivity index (χ1) is 10.9. The smallest absolute Gasteiger partial charge is 0.420 e. The van der Waals surface area contributed by atoms with Crippen LogP contribution < -0.4 is 0 Å². The maximum Gasteiger partial charge on any atom is 0.420 e. The molecule has 0 N–H and O–H groups in total. The van der Waals surface area contributed by atoms with E-state index in [2.05, 4.69) is 23.7 Å². The van der Waals surface area contributed by atoms with Gasteiger partial charge in [0, 0.05) is 30.6 Å². The SMILES string of the molecule is CCCCC#CCc1cn(C(=O)OC(C)(C)C)c2ncccc12. The van der Waals surface area contributed by atoms with Crippen molar-refractivity contribution >= 4 is 17.1 Å². The molecule has 0 saturated heterocycles. The maximum absolute atomic E-state index is 12.4. The van der Waals surface area contributed by atoms with Crippen LogP contribution >= 0.6 is 0 Å². The van der Waals surface area contributed by atoms with E-state index in [-0.39, 0.29) is 0 Å². The van der Waals surface area contributed by atoms with Gasteiger partial charge in [0.05, 0.1) is 0 Å². The van der Waals surface area contributed by atoms with Crippen molar-refractivity contribution in [2.24, 2.45) is 0 Å². The monoisotopic (exact) mass is 312 g/mol. The van der Waals surface area contributed by atoms with Crippen molar-refractivity contribution in [3.63, 3.8) is 0 Å². The second-order valence-corrected chi connectivity index (χ2v) is 6.51. The number of fused-ring (bicyclic) bond motifs is 1. The van der Waals surface area contributed by atoms with Crippen molar-refractivity contribution in [1.29, 1.82) is 0 Å². The summed E-state index contributed by atoms with van der Waals surface area (Å²) in [6, 6.07) is 3.84. The number of aromatic nitrogens is 2. The molecule has 122 valence electrons. The van der Waals surface area contributed by atoms with Crippen molar-refractivity contribution in [3.05, 3.63) is 30.1 Å². The van der Waals surface area contributed by atoms with Crippen LogP contribution in [0.3, 0.4) is 0 Å². The van der Waals surface area contributed by atoms with Gasteiger partial charge in [0.25, 0.3) is 0 Å². The highest BCUT2D eigenvalue weighted by Gasteiger charge is 2.20. The highest BCUT2D eigenvalue weighted by Crippen LogP contribution is 2.21. The number of pyridine rings is 1. The molecule has 2 heterocycles. The summed E-state index contributed by atoms with van der Waals surface area (Å²) < 4.78 is 6.93. The Bertz CT molecular complexity index is 742. The van der Waals surface area contributed by atoms with Crippen molar-refractivity contribution in [2.45, 2.75) is 59.0 Å². The van der Waals surface area contributed by atoms with E-state index in [0.717, 1.165) is 30.2 Å². The zero-order valence-electron chi connectivity index (χ0n) is 14.3. The van der Waals surface area contributed by atoms with Crippen molar-refractivity contribution in [1.82, 2.24) is 9.55 Å². The fraction of sp³-hybridized carbons (Fsp3) is 0.474. The minimum Gasteiger partial charge on any atom is -0.443 e. The maximum atomic E-state index is 12.4. The van der Waals surface area contributed by atoms with Gasteiger partial charge in [0.1, 0.15) is 11.2 Å². The molecule has 0 bridgehead atoms. The average Bonchev–Trinajstić information content (AvgIpc) is 2.85. The summed E-state index contributed by atoms with van der Waals surface area (Å²) in [4.78, 5) is 16.7. The molecular formula is C19H24N2O2. The van der Waals surface area contributed by atoms with E-state index >= 15 is 0 Å². The van der Waals surface area contributed by atoms with Gasteiger partial charge in [-0.2, -0.15) is 0 Å². The Balaban J connectivity index is 2.28. The number of unbranched alkanes of at least 4 members (excludes halogenated alkanes) is 2. The summed E-state index contributed by atoms with van der Waals surface area (Å²) in [5.41, 5.74) is 1.08. The van der Waals surface area contributed by atoms with Crippen LogP contribution in [-0.4, -0.2) is 21.2 Å². The number of rotatable bonds is 3. The number of ether oxygens (including phenoxy) is 1. The zero-order chi connectivity index (χ0) is 16.9. The molecule has 0 saturated carbocycles. The third-order valence-corrected chi connectivity index (χ3v) is 3.30. The second-order valence-electron chi connectivity index (χ2n) is 6.51. The lowest BCUT2D eigenvalue weighted by atomic mass is 10.1. The standard InChI is InChI=1S/C19H24N2O2/c1-5-6-7-8-9-11-15-14-21(18(22)23-19(2,3)4)17-16(15)12-10-13-20-17/h10,12-14H,5-7,11H2,1-4H3. The molecule has 0 aliphatic heterocycles. The number of hydrogen-bond donors (Lipinski definition) is 0. The fourth-order valence-corrected chi connectivity index (χ4v) is 2.23. The van der Waals surface area contributed by atoms with Crippen molar-refractivity contribution < 1.29 is 9.53 Å². The van der Waals surface area contributed by atoms with Crippen LogP contribution in [0.4, 0.5) is 4.79 Å². The molecule has 0 aliphatic rings. The molecule has 0 fully saturated rings. The molecule has 2 aromatic heterocycles. The summed E-state index contributed by atoms with van der Waals surface area (Å²) in [6.45, 7) is 7.71. The summed E-state index contributed by atoms with van der Waals surface area (Å²) in [7, 11) is 0. The summed E-state index contributed by atoms with van der Waals surface area (Å²) >= 11 is 0. The second kappa shape index (κ2) is 7.32. The van der Waals surface area contributed by atoms with Gasteiger partial charge in [-0.25, -0.2) is 14.3 Å². The van der Waals surface area contributed by atoms with Gasteiger partial charge in [0.2, 0.25) is 0 Å². The van der Waals surface area contributed by atoms with Gasteiger partial charge in [-0.3, -0.25) is 0 Å². The predicted octanol–water partition coefficient (Wildman–Crippen LogP) is 4.56. The molecule has 0 radical (unpaired) electrons. The molecule has 2 rings (SSSR count). The van der Waals surface area contributed by atoms with E-state index in [0.29, 0.717) is 12.1 Å². The van der Waals surface area contributed by atoms with Crippen LogP contribution in [0.5, 0.6) is 0 Å². The Morgan fingerprint density at radius 3 is 2.83 bits per heavy atom. The number of nitrogens with zero attached hydrogens (tertiary/aromatic N) is 2. The molecule has 4 nitrogen and oxygen atoms in total. The van der Waals surface area contributed by atoms with Crippen LogP contribution in [-0.2, 0) is 11.2 Å². The average molecular weight is 312 g/mol. The van der Waals surface area contributed by atoms with E-state index in [9.17, 15) is 4.79 Å². The molecule has 0 unspecified atom stereocenters. The van der Waals surface area contributed by atoms with Gasteiger partial charge in [-0.1, -0.05) is 19.3 Å². The summed E-state index contributed by atoms with van der Waals surface area (Å²) in [5.74, 6) is 6.37. The van der Waals surface area contributed by atoms with Crippen LogP contribution in [0.2, 0.25) is 0 Å².